The average molecular weight is 403 g/mol. The molecule has 1 N–H and O–H groups in total. The van der Waals surface area contributed by atoms with Gasteiger partial charge in [0, 0.05) is 17.6 Å². The lowest BCUT2D eigenvalue weighted by molar-refractivity contribution is 0.632. The third-order valence-corrected chi connectivity index (χ3v) is 6.79. The predicted octanol–water partition coefficient (Wildman–Crippen LogP) is 5.58. The molecule has 5 heteroatoms. The predicted molar refractivity (Wildman–Crippen MR) is 122 cm³/mol. The molecule has 5 rings (SSSR count). The zero-order valence-corrected chi connectivity index (χ0v) is 17.9. The zero-order chi connectivity index (χ0) is 19.8. The number of thiophene rings is 1. The lowest BCUT2D eigenvalue weighted by Gasteiger charge is -2.11. The Morgan fingerprint density at radius 1 is 1.07 bits per heavy atom. The molecule has 148 valence electrons. The fraction of sp³-hybridized carbons (Fsp3) is 0.375. The van der Waals surface area contributed by atoms with Gasteiger partial charge in [0.25, 0.3) is 0 Å². The Bertz CT molecular complexity index is 1160. The number of fused-ring (bicyclic) bond motifs is 5. The van der Waals surface area contributed by atoms with Crippen molar-refractivity contribution in [2.24, 2.45) is 5.92 Å². The van der Waals surface area contributed by atoms with Crippen LogP contribution < -0.4 is 5.32 Å². The largest absolute Gasteiger partial charge is 0.368 e. The highest BCUT2D eigenvalue weighted by molar-refractivity contribution is 7.26. The van der Waals surface area contributed by atoms with E-state index in [0.29, 0.717) is 5.92 Å². The summed E-state index contributed by atoms with van der Waals surface area (Å²) in [7, 11) is 0. The molecule has 0 saturated carbocycles. The van der Waals surface area contributed by atoms with Gasteiger partial charge in [0.05, 0.1) is 10.2 Å². The number of nitrogens with zero attached hydrogens (tertiary/aromatic N) is 3. The summed E-state index contributed by atoms with van der Waals surface area (Å²) in [6, 6.07) is 10.6. The van der Waals surface area contributed by atoms with Crippen molar-refractivity contribution in [2.45, 2.75) is 46.0 Å². The van der Waals surface area contributed by atoms with E-state index in [1.54, 1.807) is 17.7 Å². The van der Waals surface area contributed by atoms with E-state index >= 15 is 0 Å². The van der Waals surface area contributed by atoms with Crippen LogP contribution in [0.3, 0.4) is 0 Å². The molecule has 0 aliphatic heterocycles. The van der Waals surface area contributed by atoms with Gasteiger partial charge in [0.15, 0.2) is 0 Å². The van der Waals surface area contributed by atoms with Gasteiger partial charge < -0.3 is 5.32 Å². The molecule has 3 heterocycles. The summed E-state index contributed by atoms with van der Waals surface area (Å²) < 4.78 is 1.14. The van der Waals surface area contributed by atoms with Gasteiger partial charge in [-0.1, -0.05) is 44.2 Å². The van der Waals surface area contributed by atoms with Gasteiger partial charge in [-0.3, -0.25) is 0 Å². The number of rotatable bonds is 6. The van der Waals surface area contributed by atoms with Crippen LogP contribution in [-0.4, -0.2) is 21.5 Å². The van der Waals surface area contributed by atoms with E-state index in [2.05, 4.69) is 59.5 Å². The summed E-state index contributed by atoms with van der Waals surface area (Å²) in [4.78, 5) is 15.5. The van der Waals surface area contributed by atoms with Crippen molar-refractivity contribution in [2.75, 3.05) is 11.9 Å². The first-order valence-electron chi connectivity index (χ1n) is 10.6. The standard InChI is InChI=1S/C24H26N4S/c1-15(2)13-19-17-9-6-10-18(17)20-21-22(29-24(20)28-19)23(27-14-26-21)25-12-11-16-7-4-3-5-8-16/h3-5,7-8,14-15H,6,9-13H2,1-2H3,(H,25,26,27). The van der Waals surface area contributed by atoms with Crippen molar-refractivity contribution in [3.63, 3.8) is 0 Å². The van der Waals surface area contributed by atoms with Crippen LogP contribution in [0.4, 0.5) is 5.82 Å². The Morgan fingerprint density at radius 3 is 2.72 bits per heavy atom. The maximum Gasteiger partial charge on any atom is 0.147 e. The number of hydrogen-bond acceptors (Lipinski definition) is 5. The highest BCUT2D eigenvalue weighted by Gasteiger charge is 2.24. The summed E-state index contributed by atoms with van der Waals surface area (Å²) in [5.41, 5.74) is 6.69. The van der Waals surface area contributed by atoms with Crippen LogP contribution in [-0.2, 0) is 25.7 Å². The summed E-state index contributed by atoms with van der Waals surface area (Å²) in [6.07, 6.45) is 7.26. The highest BCUT2D eigenvalue weighted by atomic mass is 32.1. The van der Waals surface area contributed by atoms with Crippen molar-refractivity contribution in [3.05, 3.63) is 59.0 Å². The van der Waals surface area contributed by atoms with Crippen LogP contribution in [0.2, 0.25) is 0 Å². The van der Waals surface area contributed by atoms with E-state index in [0.717, 1.165) is 53.1 Å². The third kappa shape index (κ3) is 3.48. The highest BCUT2D eigenvalue weighted by Crippen LogP contribution is 2.41. The van der Waals surface area contributed by atoms with Crippen LogP contribution >= 0.6 is 11.3 Å². The Hall–Kier alpha value is -2.53. The number of benzene rings is 1. The van der Waals surface area contributed by atoms with Crippen molar-refractivity contribution >= 4 is 37.6 Å². The molecule has 0 bridgehead atoms. The minimum Gasteiger partial charge on any atom is -0.368 e. The van der Waals surface area contributed by atoms with Crippen LogP contribution in [0, 0.1) is 5.92 Å². The van der Waals surface area contributed by atoms with Crippen molar-refractivity contribution in [3.8, 4) is 0 Å². The van der Waals surface area contributed by atoms with Gasteiger partial charge in [-0.05, 0) is 54.7 Å². The number of nitrogens with one attached hydrogen (secondary N) is 1. The maximum atomic E-state index is 5.12. The minimum atomic E-state index is 0.619. The van der Waals surface area contributed by atoms with Crippen LogP contribution in [0.15, 0.2) is 36.7 Å². The lowest BCUT2D eigenvalue weighted by Crippen LogP contribution is -2.06. The number of anilines is 1. The molecule has 1 aliphatic carbocycles. The second kappa shape index (κ2) is 7.71. The molecule has 0 radical (unpaired) electrons. The lowest BCUT2D eigenvalue weighted by atomic mass is 9.99. The quantitative estimate of drug-likeness (QED) is 0.457. The molecule has 0 unspecified atom stereocenters. The topological polar surface area (TPSA) is 50.7 Å². The van der Waals surface area contributed by atoms with Crippen LogP contribution in [0.5, 0.6) is 0 Å². The minimum absolute atomic E-state index is 0.619. The fourth-order valence-electron chi connectivity index (χ4n) is 4.43. The second-order valence-corrected chi connectivity index (χ2v) is 9.31. The number of aromatic nitrogens is 3. The SMILES string of the molecule is CC(C)Cc1nc2sc3c(NCCc4ccccc4)ncnc3c2c2c1CCC2. The molecule has 3 aromatic heterocycles. The smallest absolute Gasteiger partial charge is 0.147 e. The molecule has 1 aliphatic rings. The van der Waals surface area contributed by atoms with Gasteiger partial charge in [-0.15, -0.1) is 11.3 Å². The number of hydrogen-bond donors (Lipinski definition) is 1. The van der Waals surface area contributed by atoms with Gasteiger partial charge in [-0.25, -0.2) is 15.0 Å². The first kappa shape index (κ1) is 18.5. The molecule has 4 aromatic rings. The zero-order valence-electron chi connectivity index (χ0n) is 17.0. The summed E-state index contributed by atoms with van der Waals surface area (Å²) >= 11 is 1.74. The first-order chi connectivity index (χ1) is 14.2. The summed E-state index contributed by atoms with van der Waals surface area (Å²) in [5, 5.41) is 4.82. The van der Waals surface area contributed by atoms with E-state index in [1.807, 2.05) is 0 Å². The molecular weight excluding hydrogens is 376 g/mol. The Kier molecular flexibility index (Phi) is 4.92. The van der Waals surface area contributed by atoms with Gasteiger partial charge >= 0.3 is 0 Å². The first-order valence-corrected chi connectivity index (χ1v) is 11.4. The van der Waals surface area contributed by atoms with E-state index in [-0.39, 0.29) is 0 Å². The van der Waals surface area contributed by atoms with Crippen LogP contribution in [0.1, 0.15) is 42.7 Å². The second-order valence-electron chi connectivity index (χ2n) is 8.31. The number of aryl methyl sites for hydroxylation is 1. The molecule has 29 heavy (non-hydrogen) atoms. The molecule has 0 fully saturated rings. The summed E-state index contributed by atoms with van der Waals surface area (Å²) in [6.45, 7) is 5.41. The molecular formula is C24H26N4S. The van der Waals surface area contributed by atoms with E-state index < -0.39 is 0 Å². The molecule has 1 aromatic carbocycles. The Labute approximate surface area is 175 Å². The van der Waals surface area contributed by atoms with Crippen LogP contribution in [0.25, 0.3) is 20.4 Å². The fourth-order valence-corrected chi connectivity index (χ4v) is 5.57. The number of pyridine rings is 1. The van der Waals surface area contributed by atoms with Gasteiger partial charge in [-0.2, -0.15) is 0 Å². The molecule has 0 amide bonds. The maximum absolute atomic E-state index is 5.12. The van der Waals surface area contributed by atoms with E-state index in [1.165, 1.54) is 34.2 Å². The van der Waals surface area contributed by atoms with E-state index in [9.17, 15) is 0 Å². The van der Waals surface area contributed by atoms with Crippen molar-refractivity contribution in [1.29, 1.82) is 0 Å². The monoisotopic (exact) mass is 402 g/mol. The van der Waals surface area contributed by atoms with Crippen molar-refractivity contribution in [1.82, 2.24) is 15.0 Å². The third-order valence-electron chi connectivity index (χ3n) is 5.71. The summed E-state index contributed by atoms with van der Waals surface area (Å²) in [5.74, 6) is 1.56. The Balaban J connectivity index is 1.53. The molecule has 0 spiro atoms. The molecule has 4 nitrogen and oxygen atoms in total. The van der Waals surface area contributed by atoms with Gasteiger partial charge in [0.1, 0.15) is 17.0 Å². The van der Waals surface area contributed by atoms with Crippen molar-refractivity contribution < 1.29 is 0 Å². The normalized spacial score (nSPS) is 13.5. The van der Waals surface area contributed by atoms with Gasteiger partial charge in [0.2, 0.25) is 0 Å². The molecule has 0 atom stereocenters. The average Bonchev–Trinajstić information content (AvgIpc) is 3.33. The molecule has 0 saturated heterocycles. The Morgan fingerprint density at radius 2 is 1.90 bits per heavy atom. The van der Waals surface area contributed by atoms with E-state index in [4.69, 9.17) is 4.98 Å².